The van der Waals surface area contributed by atoms with Crippen LogP contribution in [0.15, 0.2) is 0 Å². The van der Waals surface area contributed by atoms with Crippen molar-refractivity contribution in [3.05, 3.63) is 0 Å². The first-order valence-electron chi connectivity index (χ1n) is 3.62. The molecule has 1 unspecified atom stereocenters. The molecule has 2 nitrogen and oxygen atoms in total. The number of rotatable bonds is 4. The Bertz CT molecular complexity index is 61.9. The van der Waals surface area contributed by atoms with E-state index in [1.165, 1.54) is 0 Å². The molecule has 56 valence electrons. The molecule has 0 aromatic carbocycles. The smallest absolute Gasteiger partial charge is 0.00770 e. The summed E-state index contributed by atoms with van der Waals surface area (Å²) < 4.78 is 0. The number of nitrogens with one attached hydrogen (secondary N) is 1. The van der Waals surface area contributed by atoms with Gasteiger partial charge < -0.3 is 11.1 Å². The molecule has 0 fully saturated rings. The highest BCUT2D eigenvalue weighted by molar-refractivity contribution is 4.63. The molecule has 0 saturated heterocycles. The van der Waals surface area contributed by atoms with E-state index < -0.39 is 0 Å². The van der Waals surface area contributed by atoms with Crippen LogP contribution in [0, 0.1) is 5.92 Å². The summed E-state index contributed by atoms with van der Waals surface area (Å²) in [4.78, 5) is 0. The second-order valence-corrected chi connectivity index (χ2v) is 2.78. The Morgan fingerprint density at radius 2 is 1.89 bits per heavy atom. The molecular weight excluding hydrogens is 112 g/mol. The molecule has 0 aliphatic heterocycles. The van der Waals surface area contributed by atoms with Gasteiger partial charge in [0.25, 0.3) is 0 Å². The molecule has 0 saturated carbocycles. The van der Waals surface area contributed by atoms with Crippen LogP contribution in [0.5, 0.6) is 0 Å². The Kier molecular flexibility index (Phi) is 4.72. The Morgan fingerprint density at radius 1 is 1.33 bits per heavy atom. The average molecular weight is 130 g/mol. The largest absolute Gasteiger partial charge is 0.329 e. The maximum Gasteiger partial charge on any atom is 0.00770 e. The third kappa shape index (κ3) is 4.43. The fraction of sp³-hybridized carbons (Fsp3) is 1.00. The highest BCUT2D eigenvalue weighted by Crippen LogP contribution is 1.97. The summed E-state index contributed by atoms with van der Waals surface area (Å²) in [5.74, 6) is 0.705. The summed E-state index contributed by atoms with van der Waals surface area (Å²) in [6.07, 6.45) is 0. The van der Waals surface area contributed by atoms with E-state index in [1.807, 2.05) is 0 Å². The molecule has 0 radical (unpaired) electrons. The Labute approximate surface area is 57.8 Å². The van der Waals surface area contributed by atoms with E-state index in [2.05, 4.69) is 26.1 Å². The minimum absolute atomic E-state index is 0.591. The Morgan fingerprint density at radius 3 is 2.22 bits per heavy atom. The number of hydrogen-bond acceptors (Lipinski definition) is 2. The molecular formula is C7H18N2. The van der Waals surface area contributed by atoms with Crippen molar-refractivity contribution in [1.82, 2.24) is 5.32 Å². The standard InChI is InChI=1S/C7H18N2/c1-6(2)7(3)9-5-4-8/h6-7,9H,4-5,8H2,1-3H3. The Hall–Kier alpha value is -0.0800. The second-order valence-electron chi connectivity index (χ2n) is 2.78. The van der Waals surface area contributed by atoms with Gasteiger partial charge in [-0.15, -0.1) is 0 Å². The highest BCUT2D eigenvalue weighted by Gasteiger charge is 2.03. The van der Waals surface area contributed by atoms with Crippen molar-refractivity contribution in [3.8, 4) is 0 Å². The van der Waals surface area contributed by atoms with Crippen LogP contribution < -0.4 is 11.1 Å². The summed E-state index contributed by atoms with van der Waals surface area (Å²) in [6, 6.07) is 0.591. The van der Waals surface area contributed by atoms with Gasteiger partial charge in [0, 0.05) is 19.1 Å². The number of nitrogens with two attached hydrogens (primary N) is 1. The first kappa shape index (κ1) is 8.92. The fourth-order valence-electron chi connectivity index (χ4n) is 0.547. The van der Waals surface area contributed by atoms with Gasteiger partial charge in [0.15, 0.2) is 0 Å². The van der Waals surface area contributed by atoms with Crippen molar-refractivity contribution in [3.63, 3.8) is 0 Å². The lowest BCUT2D eigenvalue weighted by molar-refractivity contribution is 0.432. The molecule has 3 N–H and O–H groups in total. The van der Waals surface area contributed by atoms with Crippen LogP contribution >= 0.6 is 0 Å². The minimum Gasteiger partial charge on any atom is -0.329 e. The third-order valence-corrected chi connectivity index (χ3v) is 1.61. The van der Waals surface area contributed by atoms with Crippen molar-refractivity contribution < 1.29 is 0 Å². The highest BCUT2D eigenvalue weighted by atomic mass is 14.9. The zero-order valence-corrected chi connectivity index (χ0v) is 6.65. The molecule has 0 aromatic heterocycles. The minimum atomic E-state index is 0.591. The van der Waals surface area contributed by atoms with Crippen LogP contribution in [-0.2, 0) is 0 Å². The second kappa shape index (κ2) is 4.77. The molecule has 0 spiro atoms. The molecule has 0 aliphatic carbocycles. The summed E-state index contributed by atoms with van der Waals surface area (Å²) >= 11 is 0. The Balaban J connectivity index is 3.16. The van der Waals surface area contributed by atoms with Crippen molar-refractivity contribution in [2.24, 2.45) is 11.7 Å². The van der Waals surface area contributed by atoms with E-state index in [0.717, 1.165) is 13.1 Å². The van der Waals surface area contributed by atoms with E-state index in [-0.39, 0.29) is 0 Å². The summed E-state index contributed by atoms with van der Waals surface area (Å²) in [5.41, 5.74) is 5.31. The first-order chi connectivity index (χ1) is 4.18. The van der Waals surface area contributed by atoms with Gasteiger partial charge >= 0.3 is 0 Å². The van der Waals surface area contributed by atoms with E-state index in [1.54, 1.807) is 0 Å². The maximum atomic E-state index is 5.31. The predicted octanol–water partition coefficient (Wildman–Crippen LogP) is 0.579. The van der Waals surface area contributed by atoms with Crippen LogP contribution in [0.2, 0.25) is 0 Å². The monoisotopic (exact) mass is 130 g/mol. The lowest BCUT2D eigenvalue weighted by Gasteiger charge is -2.16. The zero-order valence-electron chi connectivity index (χ0n) is 6.65. The van der Waals surface area contributed by atoms with Gasteiger partial charge in [-0.1, -0.05) is 13.8 Å². The van der Waals surface area contributed by atoms with Gasteiger partial charge in [-0.2, -0.15) is 0 Å². The third-order valence-electron chi connectivity index (χ3n) is 1.61. The van der Waals surface area contributed by atoms with Gasteiger partial charge in [-0.3, -0.25) is 0 Å². The van der Waals surface area contributed by atoms with Crippen LogP contribution in [-0.4, -0.2) is 19.1 Å². The van der Waals surface area contributed by atoms with Crippen molar-refractivity contribution >= 4 is 0 Å². The van der Waals surface area contributed by atoms with E-state index in [4.69, 9.17) is 5.73 Å². The lowest BCUT2D eigenvalue weighted by atomic mass is 10.1. The lowest BCUT2D eigenvalue weighted by Crippen LogP contribution is -2.34. The zero-order chi connectivity index (χ0) is 7.28. The van der Waals surface area contributed by atoms with Gasteiger partial charge in [0.2, 0.25) is 0 Å². The van der Waals surface area contributed by atoms with Gasteiger partial charge in [0.05, 0.1) is 0 Å². The van der Waals surface area contributed by atoms with Crippen LogP contribution in [0.3, 0.4) is 0 Å². The van der Waals surface area contributed by atoms with Crippen molar-refractivity contribution in [2.75, 3.05) is 13.1 Å². The topological polar surface area (TPSA) is 38.0 Å². The first-order valence-corrected chi connectivity index (χ1v) is 3.62. The predicted molar refractivity (Wildman–Crippen MR) is 41.4 cm³/mol. The van der Waals surface area contributed by atoms with Crippen LogP contribution in [0.4, 0.5) is 0 Å². The van der Waals surface area contributed by atoms with Crippen LogP contribution in [0.1, 0.15) is 20.8 Å². The molecule has 0 amide bonds. The fourth-order valence-corrected chi connectivity index (χ4v) is 0.547. The maximum absolute atomic E-state index is 5.31. The molecule has 0 bridgehead atoms. The van der Waals surface area contributed by atoms with E-state index >= 15 is 0 Å². The molecule has 0 rings (SSSR count). The summed E-state index contributed by atoms with van der Waals surface area (Å²) in [6.45, 7) is 8.25. The van der Waals surface area contributed by atoms with E-state index in [0.29, 0.717) is 12.0 Å². The quantitative estimate of drug-likeness (QED) is 0.584. The van der Waals surface area contributed by atoms with Crippen molar-refractivity contribution in [2.45, 2.75) is 26.8 Å². The van der Waals surface area contributed by atoms with E-state index in [9.17, 15) is 0 Å². The van der Waals surface area contributed by atoms with Gasteiger partial charge in [-0.25, -0.2) is 0 Å². The number of hydrogen-bond donors (Lipinski definition) is 2. The average Bonchev–Trinajstić information content (AvgIpc) is 1.82. The molecule has 2 heteroatoms. The molecule has 0 aromatic rings. The molecule has 1 atom stereocenters. The SMILES string of the molecule is CC(C)C(C)NCCN. The van der Waals surface area contributed by atoms with Gasteiger partial charge in [-0.05, 0) is 12.8 Å². The molecule has 9 heavy (non-hydrogen) atoms. The summed E-state index contributed by atoms with van der Waals surface area (Å²) in [7, 11) is 0. The van der Waals surface area contributed by atoms with Crippen molar-refractivity contribution in [1.29, 1.82) is 0 Å². The van der Waals surface area contributed by atoms with Crippen LogP contribution in [0.25, 0.3) is 0 Å². The normalized spacial score (nSPS) is 14.3. The molecule has 0 heterocycles. The van der Waals surface area contributed by atoms with Gasteiger partial charge in [0.1, 0.15) is 0 Å². The molecule has 0 aliphatic rings. The summed E-state index contributed by atoms with van der Waals surface area (Å²) in [5, 5.41) is 3.31.